The van der Waals surface area contributed by atoms with E-state index in [1.807, 2.05) is 30.3 Å². The third-order valence-corrected chi connectivity index (χ3v) is 3.31. The smallest absolute Gasteiger partial charge is 0.271 e. The van der Waals surface area contributed by atoms with Gasteiger partial charge in [0, 0.05) is 30.8 Å². The number of hydrogen-bond donors (Lipinski definition) is 2. The Bertz CT molecular complexity index is 724. The number of nitro groups is 1. The first-order valence-corrected chi connectivity index (χ1v) is 7.47. The molecule has 0 aliphatic rings. The summed E-state index contributed by atoms with van der Waals surface area (Å²) in [5, 5.41) is 17.3. The fraction of sp³-hybridized carbons (Fsp3) is 0.176. The van der Waals surface area contributed by atoms with Gasteiger partial charge in [-0.3, -0.25) is 10.1 Å². The summed E-state index contributed by atoms with van der Waals surface area (Å²) in [5.74, 6) is 6.10. The van der Waals surface area contributed by atoms with Crippen LogP contribution in [0.15, 0.2) is 48.5 Å². The molecule has 5 nitrogen and oxygen atoms in total. The van der Waals surface area contributed by atoms with E-state index in [1.54, 1.807) is 6.07 Å². The number of halogens is 1. The van der Waals surface area contributed by atoms with Gasteiger partial charge in [-0.25, -0.2) is 0 Å². The molecule has 0 aliphatic carbocycles. The average molecular weight is 330 g/mol. The van der Waals surface area contributed by atoms with Crippen LogP contribution >= 0.6 is 11.6 Å². The van der Waals surface area contributed by atoms with Crippen LogP contribution in [-0.4, -0.2) is 24.6 Å². The summed E-state index contributed by atoms with van der Waals surface area (Å²) in [7, 11) is 0. The predicted octanol–water partition coefficient (Wildman–Crippen LogP) is 3.30. The molecule has 2 rings (SSSR count). The third-order valence-electron chi connectivity index (χ3n) is 3.00. The molecule has 0 aliphatic heterocycles. The number of nitrogens with one attached hydrogen (secondary N) is 2. The molecular weight excluding hydrogens is 314 g/mol. The molecule has 2 aromatic rings. The summed E-state index contributed by atoms with van der Waals surface area (Å²) in [5.41, 5.74) is 1.65. The maximum absolute atomic E-state index is 10.6. The van der Waals surface area contributed by atoms with Crippen molar-refractivity contribution < 1.29 is 4.92 Å². The molecule has 0 atom stereocenters. The zero-order valence-corrected chi connectivity index (χ0v) is 13.1. The van der Waals surface area contributed by atoms with Crippen molar-refractivity contribution in [2.45, 2.75) is 0 Å². The van der Waals surface area contributed by atoms with Crippen LogP contribution in [0.25, 0.3) is 0 Å². The van der Waals surface area contributed by atoms with Crippen molar-refractivity contribution in [3.8, 4) is 11.8 Å². The summed E-state index contributed by atoms with van der Waals surface area (Å²) in [6.45, 7) is 1.94. The van der Waals surface area contributed by atoms with E-state index in [-0.39, 0.29) is 5.69 Å². The van der Waals surface area contributed by atoms with E-state index < -0.39 is 4.92 Å². The summed E-state index contributed by atoms with van der Waals surface area (Å²) < 4.78 is 0. The fourth-order valence-corrected chi connectivity index (χ4v) is 2.11. The van der Waals surface area contributed by atoms with Crippen LogP contribution in [0.1, 0.15) is 5.56 Å². The van der Waals surface area contributed by atoms with Crippen LogP contribution in [0.2, 0.25) is 5.02 Å². The van der Waals surface area contributed by atoms with E-state index in [2.05, 4.69) is 22.5 Å². The second-order valence-electron chi connectivity index (χ2n) is 4.69. The lowest BCUT2D eigenvalue weighted by Gasteiger charge is -2.08. The van der Waals surface area contributed by atoms with Crippen molar-refractivity contribution in [1.29, 1.82) is 0 Å². The summed E-state index contributed by atoms with van der Waals surface area (Å²) in [6, 6.07) is 14.2. The maximum Gasteiger partial charge on any atom is 0.271 e. The van der Waals surface area contributed by atoms with Crippen molar-refractivity contribution in [2.75, 3.05) is 25.0 Å². The van der Waals surface area contributed by atoms with Crippen molar-refractivity contribution in [3.05, 3.63) is 69.2 Å². The van der Waals surface area contributed by atoms with Crippen molar-refractivity contribution in [2.24, 2.45) is 0 Å². The van der Waals surface area contributed by atoms with Gasteiger partial charge in [0.15, 0.2) is 0 Å². The Morgan fingerprint density at radius 2 is 1.91 bits per heavy atom. The molecule has 0 aromatic heterocycles. The van der Waals surface area contributed by atoms with Gasteiger partial charge in [-0.15, -0.1) is 0 Å². The highest BCUT2D eigenvalue weighted by Gasteiger charge is 2.08. The Morgan fingerprint density at radius 3 is 2.61 bits per heavy atom. The summed E-state index contributed by atoms with van der Waals surface area (Å²) in [6.07, 6.45) is 0. The number of rotatable bonds is 6. The van der Waals surface area contributed by atoms with Gasteiger partial charge in [0.05, 0.1) is 22.2 Å². The number of nitrogens with zero attached hydrogens (tertiary/aromatic N) is 1. The standard InChI is InChI=1S/C17H16ClN3O2/c18-16-13-15(21(22)23)8-9-17(16)20-12-11-19-10-4-7-14-5-2-1-3-6-14/h1-3,5-6,8-9,13,19-20H,10-12H2. The monoisotopic (exact) mass is 329 g/mol. The van der Waals surface area contributed by atoms with Gasteiger partial charge in [0.25, 0.3) is 5.69 Å². The van der Waals surface area contributed by atoms with E-state index in [9.17, 15) is 10.1 Å². The Kier molecular flexibility index (Phi) is 6.42. The molecule has 2 N–H and O–H groups in total. The first-order chi connectivity index (χ1) is 11.2. The van der Waals surface area contributed by atoms with Gasteiger partial charge in [-0.05, 0) is 18.2 Å². The molecule has 0 radical (unpaired) electrons. The lowest BCUT2D eigenvalue weighted by atomic mass is 10.2. The zero-order chi connectivity index (χ0) is 16.5. The Morgan fingerprint density at radius 1 is 1.13 bits per heavy atom. The van der Waals surface area contributed by atoms with Crippen LogP contribution < -0.4 is 10.6 Å². The molecule has 0 spiro atoms. The fourth-order valence-electron chi connectivity index (χ4n) is 1.87. The van der Waals surface area contributed by atoms with Crippen molar-refractivity contribution in [3.63, 3.8) is 0 Å². The van der Waals surface area contributed by atoms with E-state index in [0.717, 1.165) is 5.56 Å². The topological polar surface area (TPSA) is 67.2 Å². The zero-order valence-electron chi connectivity index (χ0n) is 12.4. The highest BCUT2D eigenvalue weighted by Crippen LogP contribution is 2.26. The van der Waals surface area contributed by atoms with Crippen LogP contribution in [0, 0.1) is 22.0 Å². The molecule has 0 amide bonds. The van der Waals surface area contributed by atoms with Gasteiger partial charge in [-0.1, -0.05) is 41.6 Å². The average Bonchev–Trinajstić information content (AvgIpc) is 2.56. The van der Waals surface area contributed by atoms with Crippen molar-refractivity contribution in [1.82, 2.24) is 5.32 Å². The Balaban J connectivity index is 1.70. The molecule has 0 bridgehead atoms. The number of hydrogen-bond acceptors (Lipinski definition) is 4. The van der Waals surface area contributed by atoms with Gasteiger partial charge < -0.3 is 10.6 Å². The highest BCUT2D eigenvalue weighted by atomic mass is 35.5. The van der Waals surface area contributed by atoms with Gasteiger partial charge >= 0.3 is 0 Å². The molecule has 0 fully saturated rings. The molecule has 0 unspecified atom stereocenters. The van der Waals surface area contributed by atoms with Gasteiger partial charge in [0.2, 0.25) is 0 Å². The largest absolute Gasteiger partial charge is 0.383 e. The quantitative estimate of drug-likeness (QED) is 0.369. The summed E-state index contributed by atoms with van der Waals surface area (Å²) in [4.78, 5) is 10.2. The molecule has 23 heavy (non-hydrogen) atoms. The molecule has 0 saturated carbocycles. The van der Waals surface area contributed by atoms with Crippen molar-refractivity contribution >= 4 is 23.0 Å². The predicted molar refractivity (Wildman–Crippen MR) is 92.8 cm³/mol. The normalized spacial score (nSPS) is 9.78. The number of anilines is 1. The number of benzene rings is 2. The second-order valence-corrected chi connectivity index (χ2v) is 5.10. The maximum atomic E-state index is 10.6. The number of non-ortho nitro benzene ring substituents is 1. The first-order valence-electron chi connectivity index (χ1n) is 7.09. The molecule has 2 aromatic carbocycles. The minimum Gasteiger partial charge on any atom is -0.383 e. The summed E-state index contributed by atoms with van der Waals surface area (Å²) >= 11 is 5.99. The molecule has 6 heteroatoms. The second kappa shape index (κ2) is 8.79. The minimum atomic E-state index is -0.470. The van der Waals surface area contributed by atoms with Gasteiger partial charge in [0.1, 0.15) is 0 Å². The molecular formula is C17H16ClN3O2. The molecule has 0 heterocycles. The van der Waals surface area contributed by atoms with Gasteiger partial charge in [-0.2, -0.15) is 0 Å². The van der Waals surface area contributed by atoms with E-state index in [4.69, 9.17) is 11.6 Å². The van der Waals surface area contributed by atoms with E-state index in [0.29, 0.717) is 30.3 Å². The lowest BCUT2D eigenvalue weighted by Crippen LogP contribution is -2.22. The molecule has 118 valence electrons. The van der Waals surface area contributed by atoms with Crippen LogP contribution in [-0.2, 0) is 0 Å². The van der Waals surface area contributed by atoms with Crippen LogP contribution in [0.5, 0.6) is 0 Å². The lowest BCUT2D eigenvalue weighted by molar-refractivity contribution is -0.384. The number of nitro benzene ring substituents is 1. The van der Waals surface area contributed by atoms with Crippen LogP contribution in [0.3, 0.4) is 0 Å². The SMILES string of the molecule is O=[N+]([O-])c1ccc(NCCNCC#Cc2ccccc2)c(Cl)c1. The first kappa shape index (κ1) is 16.8. The Labute approximate surface area is 139 Å². The Hall–Kier alpha value is -2.55. The van der Waals surface area contributed by atoms with Crippen LogP contribution in [0.4, 0.5) is 11.4 Å². The van der Waals surface area contributed by atoms with E-state index in [1.165, 1.54) is 12.1 Å². The highest BCUT2D eigenvalue weighted by molar-refractivity contribution is 6.33. The molecule has 0 saturated heterocycles. The minimum absolute atomic E-state index is 0.0186. The third kappa shape index (κ3) is 5.62. The van der Waals surface area contributed by atoms with E-state index >= 15 is 0 Å².